The van der Waals surface area contributed by atoms with E-state index in [0.29, 0.717) is 22.6 Å². The molecule has 3 aromatic rings. The van der Waals surface area contributed by atoms with Crippen LogP contribution in [0.5, 0.6) is 11.5 Å². The summed E-state index contributed by atoms with van der Waals surface area (Å²) in [7, 11) is 0.986. The van der Waals surface area contributed by atoms with Crippen LogP contribution in [0.4, 0.5) is 5.82 Å². The van der Waals surface area contributed by atoms with Crippen molar-refractivity contribution in [1.29, 1.82) is 0 Å². The van der Waals surface area contributed by atoms with Crippen LogP contribution in [0.3, 0.4) is 0 Å². The van der Waals surface area contributed by atoms with Crippen LogP contribution < -0.4 is 14.8 Å². The molecule has 0 aliphatic carbocycles. The van der Waals surface area contributed by atoms with E-state index >= 15 is 0 Å². The minimum atomic E-state index is -3.63. The molecule has 2 heterocycles. The number of methoxy groups -OCH3 is 2. The third-order valence-electron chi connectivity index (χ3n) is 5.26. The lowest BCUT2D eigenvalue weighted by Crippen LogP contribution is -2.46. The number of rotatable bonds is 8. The van der Waals surface area contributed by atoms with E-state index in [2.05, 4.69) is 10.5 Å². The number of ketones is 1. The molecule has 1 aliphatic heterocycles. The van der Waals surface area contributed by atoms with Gasteiger partial charge in [-0.15, -0.1) is 0 Å². The van der Waals surface area contributed by atoms with Gasteiger partial charge in [0.05, 0.1) is 20.0 Å². The molecule has 10 nitrogen and oxygen atoms in total. The topological polar surface area (TPSA) is 128 Å². The zero-order valence-corrected chi connectivity index (χ0v) is 20.8. The van der Waals surface area contributed by atoms with Gasteiger partial charge in [-0.2, -0.15) is 0 Å². The van der Waals surface area contributed by atoms with Crippen LogP contribution in [0.1, 0.15) is 21.7 Å². The van der Waals surface area contributed by atoms with Crippen molar-refractivity contribution in [2.45, 2.75) is 22.4 Å². The van der Waals surface area contributed by atoms with Crippen molar-refractivity contribution in [1.82, 2.24) is 9.46 Å². The van der Waals surface area contributed by atoms with Crippen molar-refractivity contribution >= 4 is 39.3 Å². The fraction of sp³-hybridized carbons (Fsp3) is 0.261. The lowest BCUT2D eigenvalue weighted by Gasteiger charge is -2.30. The van der Waals surface area contributed by atoms with Gasteiger partial charge in [-0.05, 0) is 42.8 Å². The number of benzene rings is 2. The first-order valence-electron chi connectivity index (χ1n) is 10.4. The van der Waals surface area contributed by atoms with Crippen LogP contribution in [-0.4, -0.2) is 56.9 Å². The molecule has 1 amide bonds. The molecule has 0 saturated heterocycles. The van der Waals surface area contributed by atoms with Gasteiger partial charge in [-0.3, -0.25) is 9.59 Å². The first-order chi connectivity index (χ1) is 16.7. The molecule has 1 atom stereocenters. The Bertz CT molecular complexity index is 1370. The van der Waals surface area contributed by atoms with Crippen molar-refractivity contribution in [2.75, 3.05) is 26.6 Å². The summed E-state index contributed by atoms with van der Waals surface area (Å²) in [5, 5.41) is 6.28. The zero-order chi connectivity index (χ0) is 25.2. The Morgan fingerprint density at radius 1 is 1.11 bits per heavy atom. The van der Waals surface area contributed by atoms with Gasteiger partial charge in [0.25, 0.3) is 5.91 Å². The first kappa shape index (κ1) is 24.8. The fourth-order valence-electron chi connectivity index (χ4n) is 3.68. The lowest BCUT2D eigenvalue weighted by atomic mass is 10.0. The van der Waals surface area contributed by atoms with Gasteiger partial charge in [0.15, 0.2) is 44.7 Å². The SMILES string of the molecule is COc1ccc(CS(=O)(=O)Cc2cc(NC(=O)C3C(=O)c4ccccc4SN3C)no2)cc1OC. The van der Waals surface area contributed by atoms with Gasteiger partial charge in [-0.25, -0.2) is 12.7 Å². The number of Topliss-reactive ketones (excluding diaryl/α,β-unsaturated/α-hetero) is 1. The first-order valence-corrected chi connectivity index (χ1v) is 13.0. The van der Waals surface area contributed by atoms with E-state index < -0.39 is 27.5 Å². The Hall–Kier alpha value is -3.35. The number of aromatic nitrogens is 1. The second-order valence-electron chi connectivity index (χ2n) is 7.79. The van der Waals surface area contributed by atoms with Crippen LogP contribution in [0, 0.1) is 0 Å². The standard InChI is InChI=1S/C23H23N3O7S2/c1-26-21(22(27)16-6-4-5-7-19(16)34-26)23(28)24-20-11-15(33-25-20)13-35(29,30)12-14-8-9-17(31-2)18(10-14)32-3/h4-11,21H,12-13H2,1-3H3,(H,24,25,28). The van der Waals surface area contributed by atoms with Gasteiger partial charge in [0.2, 0.25) is 0 Å². The predicted octanol–water partition coefficient (Wildman–Crippen LogP) is 2.95. The number of hydrogen-bond acceptors (Lipinski definition) is 10. The Balaban J connectivity index is 1.42. The van der Waals surface area contributed by atoms with Crippen molar-refractivity contribution in [3.05, 3.63) is 65.4 Å². The van der Waals surface area contributed by atoms with Gasteiger partial charge in [0, 0.05) is 16.5 Å². The van der Waals surface area contributed by atoms with E-state index in [0.717, 1.165) is 4.90 Å². The Morgan fingerprint density at radius 3 is 2.60 bits per heavy atom. The van der Waals surface area contributed by atoms with Crippen molar-refractivity contribution in [3.8, 4) is 11.5 Å². The summed E-state index contributed by atoms with van der Waals surface area (Å²) < 4.78 is 42.5. The summed E-state index contributed by atoms with van der Waals surface area (Å²) in [5.41, 5.74) is 0.991. The maximum atomic E-state index is 12.9. The number of hydrogen-bond donors (Lipinski definition) is 1. The molecular weight excluding hydrogens is 494 g/mol. The maximum absolute atomic E-state index is 12.9. The Kier molecular flexibility index (Phi) is 7.15. The summed E-state index contributed by atoms with van der Waals surface area (Å²) in [6, 6.07) is 12.2. The molecule has 1 aliphatic rings. The van der Waals surface area contributed by atoms with Crippen molar-refractivity contribution in [2.24, 2.45) is 0 Å². The van der Waals surface area contributed by atoms with E-state index in [1.54, 1.807) is 41.7 Å². The highest BCUT2D eigenvalue weighted by molar-refractivity contribution is 7.97. The average molecular weight is 518 g/mol. The minimum Gasteiger partial charge on any atom is -0.493 e. The second kappa shape index (κ2) is 10.1. The van der Waals surface area contributed by atoms with E-state index in [1.165, 1.54) is 32.2 Å². The molecule has 0 saturated carbocycles. The number of carbonyl (C=O) groups excluding carboxylic acids is 2. The maximum Gasteiger partial charge on any atom is 0.251 e. The van der Waals surface area contributed by atoms with Crippen LogP contribution in [-0.2, 0) is 26.1 Å². The highest BCUT2D eigenvalue weighted by Crippen LogP contribution is 2.34. The van der Waals surface area contributed by atoms with Crippen LogP contribution in [0.2, 0.25) is 0 Å². The van der Waals surface area contributed by atoms with Crippen molar-refractivity contribution in [3.63, 3.8) is 0 Å². The summed E-state index contributed by atoms with van der Waals surface area (Å²) >= 11 is 1.29. The normalized spacial score (nSPS) is 16.0. The number of ether oxygens (including phenoxy) is 2. The van der Waals surface area contributed by atoms with Crippen LogP contribution in [0.15, 0.2) is 57.9 Å². The molecule has 1 unspecified atom stereocenters. The number of fused-ring (bicyclic) bond motifs is 1. The molecular formula is C23H23N3O7S2. The van der Waals surface area contributed by atoms with E-state index in [9.17, 15) is 18.0 Å². The van der Waals surface area contributed by atoms with Gasteiger partial charge >= 0.3 is 0 Å². The summed E-state index contributed by atoms with van der Waals surface area (Å²) in [6.07, 6.45) is 0. The highest BCUT2D eigenvalue weighted by atomic mass is 32.2. The zero-order valence-electron chi connectivity index (χ0n) is 19.2. The summed E-state index contributed by atoms with van der Waals surface area (Å²) in [5.74, 6) is -0.599. The molecule has 0 spiro atoms. The number of likely N-dealkylation sites (N-methyl/N-ethyl adjacent to an activating group) is 1. The third-order valence-corrected chi connectivity index (χ3v) is 7.81. The monoisotopic (exact) mass is 517 g/mol. The van der Waals surface area contributed by atoms with Gasteiger partial charge in [-0.1, -0.05) is 29.4 Å². The molecule has 2 aromatic carbocycles. The molecule has 184 valence electrons. The van der Waals surface area contributed by atoms with Crippen LogP contribution in [0.25, 0.3) is 0 Å². The van der Waals surface area contributed by atoms with E-state index in [4.69, 9.17) is 14.0 Å². The van der Waals surface area contributed by atoms with E-state index in [-0.39, 0.29) is 23.1 Å². The Morgan fingerprint density at radius 2 is 1.86 bits per heavy atom. The summed E-state index contributed by atoms with van der Waals surface area (Å²) in [4.78, 5) is 26.5. The van der Waals surface area contributed by atoms with Gasteiger partial charge in [0.1, 0.15) is 5.75 Å². The number of sulfone groups is 1. The predicted molar refractivity (Wildman–Crippen MR) is 129 cm³/mol. The fourth-order valence-corrected chi connectivity index (χ4v) is 6.05. The quantitative estimate of drug-likeness (QED) is 0.352. The highest BCUT2D eigenvalue weighted by Gasteiger charge is 2.38. The second-order valence-corrected chi connectivity index (χ2v) is 11.1. The number of nitrogens with one attached hydrogen (secondary N) is 1. The smallest absolute Gasteiger partial charge is 0.251 e. The molecule has 0 bridgehead atoms. The molecule has 4 rings (SSSR count). The molecule has 1 N–H and O–H groups in total. The molecule has 1 aromatic heterocycles. The summed E-state index contributed by atoms with van der Waals surface area (Å²) in [6.45, 7) is 0. The van der Waals surface area contributed by atoms with Crippen LogP contribution >= 0.6 is 11.9 Å². The van der Waals surface area contributed by atoms with Crippen molar-refractivity contribution < 1.29 is 32.0 Å². The molecule has 0 fully saturated rings. The Labute approximate surface area is 206 Å². The number of amides is 1. The molecule has 12 heteroatoms. The van der Waals surface area contributed by atoms with E-state index in [1.807, 2.05) is 12.1 Å². The number of carbonyl (C=O) groups is 2. The lowest BCUT2D eigenvalue weighted by molar-refractivity contribution is -0.118. The van der Waals surface area contributed by atoms with Gasteiger partial charge < -0.3 is 19.3 Å². The molecule has 35 heavy (non-hydrogen) atoms. The largest absolute Gasteiger partial charge is 0.493 e. The number of nitrogens with zero attached hydrogens (tertiary/aromatic N) is 2. The minimum absolute atomic E-state index is 0.0244. The molecule has 0 radical (unpaired) electrons. The third kappa shape index (κ3) is 5.50. The average Bonchev–Trinajstić information content (AvgIpc) is 3.24. The number of anilines is 1.